The molecular weight excluding hydrogens is 421 g/mol. The number of primary sulfonamides is 1. The summed E-state index contributed by atoms with van der Waals surface area (Å²) in [5.74, 6) is 0.358. The van der Waals surface area contributed by atoms with Crippen LogP contribution in [0.25, 0.3) is 16.9 Å². The second-order valence-corrected chi connectivity index (χ2v) is 8.00. The fraction of sp³-hybridized carbons (Fsp3) is 0.0625. The van der Waals surface area contributed by atoms with Gasteiger partial charge in [0, 0.05) is 11.3 Å². The molecule has 0 aliphatic rings. The van der Waals surface area contributed by atoms with E-state index in [-0.39, 0.29) is 10.0 Å². The monoisotopic (exact) mass is 431 g/mol. The van der Waals surface area contributed by atoms with E-state index in [1.807, 2.05) is 0 Å². The summed E-state index contributed by atoms with van der Waals surface area (Å²) in [6.07, 6.45) is 1.51. The lowest BCUT2D eigenvalue weighted by atomic mass is 10.1. The van der Waals surface area contributed by atoms with E-state index in [0.29, 0.717) is 32.7 Å². The van der Waals surface area contributed by atoms with Crippen molar-refractivity contribution in [1.29, 1.82) is 0 Å². The first-order valence-corrected chi connectivity index (χ1v) is 9.80. The Morgan fingerprint density at radius 2 is 1.65 bits per heavy atom. The summed E-state index contributed by atoms with van der Waals surface area (Å²) in [5, 5.41) is 6.00. The number of benzene rings is 2. The van der Waals surface area contributed by atoms with Crippen LogP contribution in [0.15, 0.2) is 47.6 Å². The molecule has 3 rings (SSSR count). The molecule has 0 fully saturated rings. The summed E-state index contributed by atoms with van der Waals surface area (Å²) < 4.78 is 29.6. The zero-order valence-corrected chi connectivity index (χ0v) is 16.4. The Hall–Kier alpha value is -1.77. The maximum absolute atomic E-state index is 11.4. The predicted octanol–water partition coefficient (Wildman–Crippen LogP) is 4.16. The van der Waals surface area contributed by atoms with Crippen LogP contribution in [0.5, 0.6) is 5.75 Å². The highest BCUT2D eigenvalue weighted by Gasteiger charge is 2.17. The Balaban J connectivity index is 2.14. The normalized spacial score (nSPS) is 11.6. The zero-order valence-electron chi connectivity index (χ0n) is 13.3. The number of methoxy groups -OCH3 is 1. The maximum atomic E-state index is 11.4. The van der Waals surface area contributed by atoms with E-state index in [2.05, 4.69) is 4.98 Å². The van der Waals surface area contributed by atoms with Crippen LogP contribution in [0.3, 0.4) is 0 Å². The summed E-state index contributed by atoms with van der Waals surface area (Å²) >= 11 is 18.7. The topological polar surface area (TPSA) is 87.2 Å². The number of aromatic nitrogens is 2. The molecule has 0 unspecified atom stereocenters. The lowest BCUT2D eigenvalue weighted by molar-refractivity contribution is 0.415. The van der Waals surface area contributed by atoms with Gasteiger partial charge in [-0.3, -0.25) is 4.57 Å². The molecule has 0 atom stereocenters. The van der Waals surface area contributed by atoms with Gasteiger partial charge in [-0.15, -0.1) is 0 Å². The minimum absolute atomic E-state index is 0.00421. The Kier molecular flexibility index (Phi) is 5.18. The highest BCUT2D eigenvalue weighted by atomic mass is 35.5. The fourth-order valence-electron chi connectivity index (χ4n) is 2.47. The first-order valence-electron chi connectivity index (χ1n) is 7.12. The smallest absolute Gasteiger partial charge is 0.238 e. The Morgan fingerprint density at radius 1 is 1.08 bits per heavy atom. The van der Waals surface area contributed by atoms with E-state index < -0.39 is 10.0 Å². The van der Waals surface area contributed by atoms with Crippen molar-refractivity contribution in [3.8, 4) is 22.7 Å². The summed E-state index contributed by atoms with van der Waals surface area (Å²) in [5.41, 5.74) is 1.80. The number of nitrogens with two attached hydrogens (primary N) is 1. The van der Waals surface area contributed by atoms with Crippen molar-refractivity contribution < 1.29 is 13.2 Å². The third-order valence-corrected chi connectivity index (χ3v) is 5.41. The van der Waals surface area contributed by atoms with Crippen LogP contribution in [0.4, 0.5) is 0 Å². The number of imidazole rings is 1. The Bertz CT molecular complexity index is 1060. The van der Waals surface area contributed by atoms with E-state index in [4.69, 9.17) is 44.7 Å². The Labute approximate surface area is 165 Å². The number of rotatable bonds is 4. The van der Waals surface area contributed by atoms with Gasteiger partial charge in [-0.2, -0.15) is 0 Å². The van der Waals surface area contributed by atoms with Crippen molar-refractivity contribution in [3.05, 3.63) is 57.9 Å². The Morgan fingerprint density at radius 3 is 2.15 bits per heavy atom. The van der Waals surface area contributed by atoms with Crippen molar-refractivity contribution in [3.63, 3.8) is 0 Å². The molecule has 0 saturated carbocycles. The van der Waals surface area contributed by atoms with Gasteiger partial charge in [0.1, 0.15) is 6.33 Å². The quantitative estimate of drug-likeness (QED) is 0.670. The van der Waals surface area contributed by atoms with E-state index in [9.17, 15) is 8.42 Å². The molecule has 2 aromatic carbocycles. The lowest BCUT2D eigenvalue weighted by Crippen LogP contribution is -2.12. The largest absolute Gasteiger partial charge is 0.494 e. The number of hydrogen-bond donors (Lipinski definition) is 1. The fourth-order valence-corrected chi connectivity index (χ4v) is 3.87. The second kappa shape index (κ2) is 7.09. The second-order valence-electron chi connectivity index (χ2n) is 5.27. The minimum Gasteiger partial charge on any atom is -0.494 e. The van der Waals surface area contributed by atoms with Crippen LogP contribution in [0, 0.1) is 0 Å². The predicted molar refractivity (Wildman–Crippen MR) is 102 cm³/mol. The SMILES string of the molecule is COc1c(Cl)cc(-c2c(Cl)ncn2-c2ccc(S(N)(=O)=O)cc2)cc1Cl. The summed E-state index contributed by atoms with van der Waals surface area (Å²) in [4.78, 5) is 4.11. The van der Waals surface area contributed by atoms with Crippen LogP contribution >= 0.6 is 34.8 Å². The summed E-state index contributed by atoms with van der Waals surface area (Å²) in [6.45, 7) is 0. The van der Waals surface area contributed by atoms with Crippen molar-refractivity contribution in [1.82, 2.24) is 9.55 Å². The number of halogens is 3. The lowest BCUT2D eigenvalue weighted by Gasteiger charge is -2.12. The number of sulfonamides is 1. The molecular formula is C16H12Cl3N3O3S. The van der Waals surface area contributed by atoms with E-state index in [0.717, 1.165) is 0 Å². The molecule has 0 radical (unpaired) electrons. The molecule has 0 saturated heterocycles. The van der Waals surface area contributed by atoms with Gasteiger partial charge in [0.25, 0.3) is 0 Å². The average Bonchev–Trinajstić information content (AvgIpc) is 2.95. The number of nitrogens with zero attached hydrogens (tertiary/aromatic N) is 2. The molecule has 10 heteroatoms. The van der Waals surface area contributed by atoms with Crippen molar-refractivity contribution in [2.45, 2.75) is 4.90 Å². The maximum Gasteiger partial charge on any atom is 0.238 e. The van der Waals surface area contributed by atoms with E-state index >= 15 is 0 Å². The van der Waals surface area contributed by atoms with E-state index in [1.165, 1.54) is 25.6 Å². The van der Waals surface area contributed by atoms with Crippen molar-refractivity contribution in [2.75, 3.05) is 7.11 Å². The first-order chi connectivity index (χ1) is 12.2. The third-order valence-electron chi connectivity index (χ3n) is 3.64. The van der Waals surface area contributed by atoms with Crippen LogP contribution in [-0.4, -0.2) is 25.1 Å². The summed E-state index contributed by atoms with van der Waals surface area (Å²) in [7, 11) is -2.31. The van der Waals surface area contributed by atoms with Gasteiger partial charge in [0.05, 0.1) is 27.7 Å². The van der Waals surface area contributed by atoms with Crippen molar-refractivity contribution in [2.24, 2.45) is 5.14 Å². The van der Waals surface area contributed by atoms with Crippen LogP contribution in [0.1, 0.15) is 0 Å². The molecule has 3 aromatic rings. The number of ether oxygens (including phenoxy) is 1. The van der Waals surface area contributed by atoms with Crippen LogP contribution < -0.4 is 9.88 Å². The highest BCUT2D eigenvalue weighted by molar-refractivity contribution is 7.89. The van der Waals surface area contributed by atoms with Gasteiger partial charge in [-0.05, 0) is 36.4 Å². The third kappa shape index (κ3) is 3.54. The molecule has 2 N–H and O–H groups in total. The van der Waals surface area contributed by atoms with Crippen molar-refractivity contribution >= 4 is 44.8 Å². The average molecular weight is 433 g/mol. The molecule has 1 aromatic heterocycles. The minimum atomic E-state index is -3.78. The first kappa shape index (κ1) is 19.0. The zero-order chi connectivity index (χ0) is 19.1. The van der Waals surface area contributed by atoms with Gasteiger partial charge in [-0.25, -0.2) is 18.5 Å². The standard InChI is InChI=1S/C16H12Cl3N3O3S/c1-25-15-12(17)6-9(7-13(15)18)14-16(19)21-8-22(14)10-2-4-11(5-3-10)26(20,23)24/h2-8H,1H3,(H2,20,23,24). The van der Waals surface area contributed by atoms with E-state index in [1.54, 1.807) is 28.8 Å². The molecule has 6 nitrogen and oxygen atoms in total. The molecule has 136 valence electrons. The molecule has 0 amide bonds. The van der Waals surface area contributed by atoms with Crippen LogP contribution in [-0.2, 0) is 10.0 Å². The molecule has 0 spiro atoms. The molecule has 0 aliphatic carbocycles. The summed E-state index contributed by atoms with van der Waals surface area (Å²) in [6, 6.07) is 9.30. The van der Waals surface area contributed by atoms with Gasteiger partial charge in [0.2, 0.25) is 10.0 Å². The molecule has 0 aliphatic heterocycles. The molecule has 1 heterocycles. The van der Waals surface area contributed by atoms with Gasteiger partial charge in [-0.1, -0.05) is 34.8 Å². The van der Waals surface area contributed by atoms with Gasteiger partial charge < -0.3 is 4.74 Å². The van der Waals surface area contributed by atoms with Gasteiger partial charge in [0.15, 0.2) is 10.9 Å². The molecule has 0 bridgehead atoms. The highest BCUT2D eigenvalue weighted by Crippen LogP contribution is 2.39. The molecule has 26 heavy (non-hydrogen) atoms. The van der Waals surface area contributed by atoms with Gasteiger partial charge >= 0.3 is 0 Å². The van der Waals surface area contributed by atoms with Crippen LogP contribution in [0.2, 0.25) is 15.2 Å². The number of hydrogen-bond acceptors (Lipinski definition) is 4.